The lowest BCUT2D eigenvalue weighted by Gasteiger charge is -2.15. The van der Waals surface area contributed by atoms with Gasteiger partial charge in [0.1, 0.15) is 11.5 Å². The first-order valence-corrected chi connectivity index (χ1v) is 5.73. The lowest BCUT2D eigenvalue weighted by atomic mass is 9.89. The molecular weight excluding hydrogens is 244 g/mol. The van der Waals surface area contributed by atoms with Gasteiger partial charge in [0, 0.05) is 16.5 Å². The number of ether oxygens (including phenoxy) is 1. The number of fused-ring (bicyclic) bond motifs is 3. The van der Waals surface area contributed by atoms with E-state index < -0.39 is 0 Å². The Kier molecular flexibility index (Phi) is 2.38. The summed E-state index contributed by atoms with van der Waals surface area (Å²) < 4.78 is 5.19. The molecule has 3 rings (SSSR count). The first kappa shape index (κ1) is 11.5. The van der Waals surface area contributed by atoms with Crippen molar-refractivity contribution in [3.05, 3.63) is 47.5 Å². The molecule has 0 radical (unpaired) electrons. The molecule has 1 N–H and O–H groups in total. The van der Waals surface area contributed by atoms with Gasteiger partial charge in [0.05, 0.1) is 12.5 Å². The molecule has 4 nitrogen and oxygen atoms in total. The summed E-state index contributed by atoms with van der Waals surface area (Å²) in [6.45, 7) is 0. The average Bonchev–Trinajstić information content (AvgIpc) is 2.42. The van der Waals surface area contributed by atoms with Crippen LogP contribution in [0.15, 0.2) is 36.4 Å². The number of rotatable bonds is 1. The van der Waals surface area contributed by atoms with E-state index in [4.69, 9.17) is 4.74 Å². The summed E-state index contributed by atoms with van der Waals surface area (Å²) in [7, 11) is 1.49. The molecule has 94 valence electrons. The molecule has 1 aliphatic carbocycles. The van der Waals surface area contributed by atoms with Crippen LogP contribution < -0.4 is 4.74 Å². The van der Waals surface area contributed by atoms with E-state index in [1.165, 1.54) is 25.3 Å². The van der Waals surface area contributed by atoms with Crippen LogP contribution in [0.2, 0.25) is 0 Å². The van der Waals surface area contributed by atoms with Crippen molar-refractivity contribution in [1.82, 2.24) is 0 Å². The number of hydrogen-bond acceptors (Lipinski definition) is 4. The van der Waals surface area contributed by atoms with E-state index in [0.29, 0.717) is 22.1 Å². The fraction of sp³-hybridized carbons (Fsp3) is 0.0667. The first-order valence-electron chi connectivity index (χ1n) is 5.73. The number of ketones is 2. The predicted octanol–water partition coefficient (Wildman–Crippen LogP) is 2.49. The maximum absolute atomic E-state index is 12.0. The molecular formula is C15H10O4. The quantitative estimate of drug-likeness (QED) is 0.849. The molecule has 0 unspecified atom stereocenters. The molecule has 1 aliphatic rings. The number of allylic oxidation sites excluding steroid dienone is 2. The normalized spacial score (nSPS) is 13.7. The Balaban J connectivity index is 2.51. The molecule has 0 aromatic heterocycles. The van der Waals surface area contributed by atoms with Crippen LogP contribution in [0.1, 0.15) is 20.7 Å². The number of phenols is 1. The predicted molar refractivity (Wildman–Crippen MR) is 70.0 cm³/mol. The SMILES string of the molecule is COc1cccc2c3c(cc(O)c12)C(=O)C=CC3=O. The Hall–Kier alpha value is -2.62. The summed E-state index contributed by atoms with van der Waals surface area (Å²) in [6.07, 6.45) is 2.47. The highest BCUT2D eigenvalue weighted by Crippen LogP contribution is 2.38. The van der Waals surface area contributed by atoms with Crippen molar-refractivity contribution in [1.29, 1.82) is 0 Å². The molecule has 19 heavy (non-hydrogen) atoms. The third kappa shape index (κ3) is 1.53. The highest BCUT2D eigenvalue weighted by atomic mass is 16.5. The Morgan fingerprint density at radius 1 is 1.11 bits per heavy atom. The van der Waals surface area contributed by atoms with Crippen LogP contribution in [-0.2, 0) is 0 Å². The van der Waals surface area contributed by atoms with Gasteiger partial charge < -0.3 is 9.84 Å². The second kappa shape index (κ2) is 3.95. The molecule has 0 saturated carbocycles. The minimum absolute atomic E-state index is 0.0670. The van der Waals surface area contributed by atoms with Crippen molar-refractivity contribution < 1.29 is 19.4 Å². The number of phenolic OH excluding ortho intramolecular Hbond substituents is 1. The molecule has 2 aromatic rings. The van der Waals surface area contributed by atoms with Crippen LogP contribution in [0.3, 0.4) is 0 Å². The fourth-order valence-electron chi connectivity index (χ4n) is 2.38. The summed E-state index contributed by atoms with van der Waals surface area (Å²) in [5.41, 5.74) is 0.546. The highest BCUT2D eigenvalue weighted by molar-refractivity contribution is 6.27. The van der Waals surface area contributed by atoms with Crippen molar-refractivity contribution in [2.75, 3.05) is 7.11 Å². The van der Waals surface area contributed by atoms with Gasteiger partial charge >= 0.3 is 0 Å². The van der Waals surface area contributed by atoms with E-state index in [-0.39, 0.29) is 22.9 Å². The van der Waals surface area contributed by atoms with Crippen LogP contribution in [0, 0.1) is 0 Å². The number of benzene rings is 2. The zero-order valence-corrected chi connectivity index (χ0v) is 10.1. The van der Waals surface area contributed by atoms with Gasteiger partial charge in [-0.25, -0.2) is 0 Å². The Bertz CT molecular complexity index is 756. The largest absolute Gasteiger partial charge is 0.507 e. The second-order valence-electron chi connectivity index (χ2n) is 4.26. The second-order valence-corrected chi connectivity index (χ2v) is 4.26. The van der Waals surface area contributed by atoms with Crippen LogP contribution in [0.5, 0.6) is 11.5 Å². The Labute approximate surface area is 108 Å². The standard InChI is InChI=1S/C15H10O4/c1-19-13-4-2-3-8-14-9(7-12(18)15(8)13)10(16)5-6-11(14)17/h2-7,18H,1H3. The zero-order valence-electron chi connectivity index (χ0n) is 10.1. The van der Waals surface area contributed by atoms with Crippen molar-refractivity contribution in [2.45, 2.75) is 0 Å². The van der Waals surface area contributed by atoms with Gasteiger partial charge in [-0.05, 0) is 24.3 Å². The van der Waals surface area contributed by atoms with E-state index in [9.17, 15) is 14.7 Å². The Morgan fingerprint density at radius 2 is 1.84 bits per heavy atom. The topological polar surface area (TPSA) is 63.6 Å². The van der Waals surface area contributed by atoms with Crippen LogP contribution in [0.4, 0.5) is 0 Å². The highest BCUT2D eigenvalue weighted by Gasteiger charge is 2.24. The molecule has 0 atom stereocenters. The Morgan fingerprint density at radius 3 is 2.58 bits per heavy atom. The first-order chi connectivity index (χ1) is 9.13. The van der Waals surface area contributed by atoms with Crippen LogP contribution in [0.25, 0.3) is 10.8 Å². The molecule has 0 spiro atoms. The minimum atomic E-state index is -0.283. The van der Waals surface area contributed by atoms with Crippen molar-refractivity contribution >= 4 is 22.3 Å². The van der Waals surface area contributed by atoms with Crippen molar-refractivity contribution in [2.24, 2.45) is 0 Å². The van der Waals surface area contributed by atoms with Crippen molar-refractivity contribution in [3.63, 3.8) is 0 Å². The summed E-state index contributed by atoms with van der Waals surface area (Å²) in [6, 6.07) is 6.43. The number of hydrogen-bond donors (Lipinski definition) is 1. The van der Waals surface area contributed by atoms with Gasteiger partial charge in [0.25, 0.3) is 0 Å². The zero-order chi connectivity index (χ0) is 13.6. The summed E-state index contributed by atoms with van der Waals surface area (Å²) in [5, 5.41) is 11.0. The summed E-state index contributed by atoms with van der Waals surface area (Å²) >= 11 is 0. The molecule has 2 aromatic carbocycles. The molecule has 0 heterocycles. The minimum Gasteiger partial charge on any atom is -0.507 e. The number of methoxy groups -OCH3 is 1. The van der Waals surface area contributed by atoms with E-state index >= 15 is 0 Å². The van der Waals surface area contributed by atoms with Gasteiger partial charge in [-0.15, -0.1) is 0 Å². The van der Waals surface area contributed by atoms with Gasteiger partial charge in [0.15, 0.2) is 11.6 Å². The van der Waals surface area contributed by atoms with Crippen LogP contribution >= 0.6 is 0 Å². The summed E-state index contributed by atoms with van der Waals surface area (Å²) in [5.74, 6) is -0.127. The molecule has 4 heteroatoms. The number of carbonyl (C=O) groups is 2. The van der Waals surface area contributed by atoms with Gasteiger partial charge in [-0.2, -0.15) is 0 Å². The molecule has 0 fully saturated rings. The molecule has 0 saturated heterocycles. The summed E-state index contributed by atoms with van der Waals surface area (Å²) in [4.78, 5) is 23.8. The van der Waals surface area contributed by atoms with E-state index in [2.05, 4.69) is 0 Å². The number of aromatic hydroxyl groups is 1. The van der Waals surface area contributed by atoms with E-state index in [1.54, 1.807) is 18.2 Å². The average molecular weight is 254 g/mol. The lowest BCUT2D eigenvalue weighted by molar-refractivity contribution is 0.0995. The smallest absolute Gasteiger partial charge is 0.187 e. The van der Waals surface area contributed by atoms with Gasteiger partial charge in [0.2, 0.25) is 0 Å². The monoisotopic (exact) mass is 254 g/mol. The molecule has 0 aliphatic heterocycles. The molecule has 0 amide bonds. The molecule has 0 bridgehead atoms. The lowest BCUT2D eigenvalue weighted by Crippen LogP contribution is -2.12. The fourth-order valence-corrected chi connectivity index (χ4v) is 2.38. The van der Waals surface area contributed by atoms with Crippen LogP contribution in [-0.4, -0.2) is 23.8 Å². The third-order valence-electron chi connectivity index (χ3n) is 3.22. The van der Waals surface area contributed by atoms with E-state index in [0.717, 1.165) is 0 Å². The third-order valence-corrected chi connectivity index (χ3v) is 3.22. The maximum Gasteiger partial charge on any atom is 0.187 e. The van der Waals surface area contributed by atoms with Gasteiger partial charge in [-0.1, -0.05) is 12.1 Å². The van der Waals surface area contributed by atoms with Crippen molar-refractivity contribution in [3.8, 4) is 11.5 Å². The maximum atomic E-state index is 12.0. The number of carbonyl (C=O) groups excluding carboxylic acids is 2. The van der Waals surface area contributed by atoms with E-state index in [1.807, 2.05) is 0 Å². The van der Waals surface area contributed by atoms with Gasteiger partial charge in [-0.3, -0.25) is 9.59 Å².